The molecule has 3 rings (SSSR count). The minimum absolute atomic E-state index is 0.734. The molecular formula is C13H18BrN3S. The van der Waals surface area contributed by atoms with Gasteiger partial charge in [0.05, 0.1) is 5.69 Å². The van der Waals surface area contributed by atoms with Crippen molar-refractivity contribution in [2.75, 3.05) is 11.9 Å². The third kappa shape index (κ3) is 2.63. The van der Waals surface area contributed by atoms with Gasteiger partial charge in [-0.2, -0.15) is 0 Å². The zero-order chi connectivity index (χ0) is 12.4. The maximum atomic E-state index is 4.69. The fourth-order valence-corrected chi connectivity index (χ4v) is 4.03. The quantitative estimate of drug-likeness (QED) is 0.801. The molecule has 0 saturated carbocycles. The van der Waals surface area contributed by atoms with E-state index >= 15 is 0 Å². The first-order valence-electron chi connectivity index (χ1n) is 6.58. The Labute approximate surface area is 120 Å². The first kappa shape index (κ1) is 12.6. The summed E-state index contributed by atoms with van der Waals surface area (Å²) in [7, 11) is 0. The molecule has 0 spiro atoms. The lowest BCUT2D eigenvalue weighted by Gasteiger charge is -2.35. The van der Waals surface area contributed by atoms with Crippen LogP contribution in [0.4, 0.5) is 0 Å². The summed E-state index contributed by atoms with van der Waals surface area (Å²) < 4.78 is 2.13. The van der Waals surface area contributed by atoms with Gasteiger partial charge in [0.2, 0.25) is 0 Å². The highest BCUT2D eigenvalue weighted by Gasteiger charge is 2.22. The third-order valence-corrected chi connectivity index (χ3v) is 4.93. The molecule has 5 heteroatoms. The van der Waals surface area contributed by atoms with Crippen LogP contribution in [0.5, 0.6) is 0 Å². The van der Waals surface area contributed by atoms with Gasteiger partial charge in [-0.15, -0.1) is 11.3 Å². The van der Waals surface area contributed by atoms with Gasteiger partial charge in [-0.1, -0.05) is 22.4 Å². The number of hydrogen-bond acceptors (Lipinski definition) is 3. The lowest BCUT2D eigenvalue weighted by molar-refractivity contribution is 0.136. The molecule has 18 heavy (non-hydrogen) atoms. The van der Waals surface area contributed by atoms with E-state index in [1.165, 1.54) is 37.9 Å². The number of hydrogen-bond donors (Lipinski definition) is 0. The van der Waals surface area contributed by atoms with Gasteiger partial charge < -0.3 is 0 Å². The van der Waals surface area contributed by atoms with E-state index in [2.05, 4.69) is 48.0 Å². The highest BCUT2D eigenvalue weighted by atomic mass is 79.9. The third-order valence-electron chi connectivity index (χ3n) is 3.70. The number of nitrogens with zero attached hydrogens (tertiary/aromatic N) is 3. The summed E-state index contributed by atoms with van der Waals surface area (Å²) in [6, 6.07) is 0.734. The van der Waals surface area contributed by atoms with Crippen LogP contribution in [0.2, 0.25) is 0 Å². The first-order chi connectivity index (χ1) is 8.86. The van der Waals surface area contributed by atoms with Gasteiger partial charge in [-0.05, 0) is 25.8 Å². The van der Waals surface area contributed by atoms with Crippen LogP contribution in [0.3, 0.4) is 0 Å². The molecule has 3 heterocycles. The fourth-order valence-electron chi connectivity index (χ4n) is 2.78. The Hall–Kier alpha value is -0.390. The van der Waals surface area contributed by atoms with Crippen molar-refractivity contribution in [2.24, 2.45) is 0 Å². The van der Waals surface area contributed by atoms with Crippen molar-refractivity contribution in [1.29, 1.82) is 0 Å². The summed E-state index contributed by atoms with van der Waals surface area (Å²) in [5.74, 6) is 0. The van der Waals surface area contributed by atoms with Crippen molar-refractivity contribution in [2.45, 2.75) is 38.3 Å². The molecule has 0 aliphatic carbocycles. The number of aromatic nitrogens is 2. The molecule has 2 aromatic heterocycles. The number of fused-ring (bicyclic) bond motifs is 1. The second-order valence-electron chi connectivity index (χ2n) is 4.92. The Morgan fingerprint density at radius 2 is 2.39 bits per heavy atom. The van der Waals surface area contributed by atoms with Crippen LogP contribution in [0.25, 0.3) is 4.96 Å². The van der Waals surface area contributed by atoms with Gasteiger partial charge in [0.1, 0.15) is 0 Å². The molecule has 1 unspecified atom stereocenters. The number of piperidine rings is 1. The molecule has 0 N–H and O–H groups in total. The molecule has 2 aromatic rings. The molecule has 98 valence electrons. The van der Waals surface area contributed by atoms with Crippen molar-refractivity contribution < 1.29 is 0 Å². The number of likely N-dealkylation sites (tertiary alicyclic amines) is 1. The second kappa shape index (κ2) is 5.72. The van der Waals surface area contributed by atoms with E-state index in [9.17, 15) is 0 Å². The van der Waals surface area contributed by atoms with Crippen LogP contribution >= 0.6 is 27.3 Å². The molecule has 0 radical (unpaired) electrons. The molecule has 3 nitrogen and oxygen atoms in total. The Morgan fingerprint density at radius 3 is 3.22 bits per heavy atom. The molecule has 1 atom stereocenters. The Bertz CT molecular complexity index is 477. The molecule has 0 amide bonds. The summed E-state index contributed by atoms with van der Waals surface area (Å²) >= 11 is 5.28. The summed E-state index contributed by atoms with van der Waals surface area (Å²) in [6.45, 7) is 2.23. The van der Waals surface area contributed by atoms with Crippen LogP contribution in [-0.4, -0.2) is 32.2 Å². The Morgan fingerprint density at radius 1 is 1.44 bits per heavy atom. The van der Waals surface area contributed by atoms with Crippen molar-refractivity contribution in [3.8, 4) is 0 Å². The monoisotopic (exact) mass is 327 g/mol. The molecule has 0 bridgehead atoms. The van der Waals surface area contributed by atoms with Crippen LogP contribution in [0.1, 0.15) is 31.4 Å². The standard InChI is InChI=1S/C13H18BrN3S/c14-5-4-12-3-1-2-6-16(12)9-11-10-17-7-8-18-13(17)15-11/h7-8,10,12H,1-6,9H2. The minimum Gasteiger partial charge on any atom is -0.297 e. The normalized spacial score (nSPS) is 21.7. The summed E-state index contributed by atoms with van der Waals surface area (Å²) in [5, 5.41) is 3.19. The predicted octanol–water partition coefficient (Wildman–Crippen LogP) is 3.54. The van der Waals surface area contributed by atoms with E-state index < -0.39 is 0 Å². The highest BCUT2D eigenvalue weighted by molar-refractivity contribution is 9.09. The average Bonchev–Trinajstić information content (AvgIpc) is 2.92. The lowest BCUT2D eigenvalue weighted by atomic mass is 10.00. The Balaban J connectivity index is 1.71. The van der Waals surface area contributed by atoms with Gasteiger partial charge in [0.15, 0.2) is 4.96 Å². The topological polar surface area (TPSA) is 20.5 Å². The number of thiazole rings is 1. The molecule has 0 aromatic carbocycles. The summed E-state index contributed by atoms with van der Waals surface area (Å²) in [4.78, 5) is 8.41. The second-order valence-corrected chi connectivity index (χ2v) is 6.59. The molecule has 1 aliphatic rings. The molecular weight excluding hydrogens is 310 g/mol. The van der Waals surface area contributed by atoms with E-state index in [4.69, 9.17) is 0 Å². The average molecular weight is 328 g/mol. The van der Waals surface area contributed by atoms with Gasteiger partial charge in [-0.3, -0.25) is 9.30 Å². The van der Waals surface area contributed by atoms with Gasteiger partial charge in [0, 0.05) is 35.7 Å². The maximum absolute atomic E-state index is 4.69. The number of imidazole rings is 1. The van der Waals surface area contributed by atoms with E-state index in [1.807, 2.05) is 0 Å². The van der Waals surface area contributed by atoms with Crippen LogP contribution in [0.15, 0.2) is 17.8 Å². The number of rotatable bonds is 4. The van der Waals surface area contributed by atoms with Gasteiger partial charge in [0.25, 0.3) is 0 Å². The first-order valence-corrected chi connectivity index (χ1v) is 8.58. The summed E-state index contributed by atoms with van der Waals surface area (Å²) in [6.07, 6.45) is 9.57. The van der Waals surface area contributed by atoms with Crippen molar-refractivity contribution in [3.63, 3.8) is 0 Å². The van der Waals surface area contributed by atoms with E-state index in [1.54, 1.807) is 11.3 Å². The zero-order valence-electron chi connectivity index (χ0n) is 10.4. The zero-order valence-corrected chi connectivity index (χ0v) is 12.8. The smallest absolute Gasteiger partial charge is 0.193 e. The number of halogens is 1. The molecule has 1 aliphatic heterocycles. The lowest BCUT2D eigenvalue weighted by Crippen LogP contribution is -2.39. The minimum atomic E-state index is 0.734. The van der Waals surface area contributed by atoms with Crippen molar-refractivity contribution in [1.82, 2.24) is 14.3 Å². The highest BCUT2D eigenvalue weighted by Crippen LogP contribution is 2.23. The van der Waals surface area contributed by atoms with Crippen molar-refractivity contribution >= 4 is 32.2 Å². The molecule has 1 fully saturated rings. The Kier molecular flexibility index (Phi) is 4.01. The maximum Gasteiger partial charge on any atom is 0.193 e. The molecule has 1 saturated heterocycles. The predicted molar refractivity (Wildman–Crippen MR) is 79.5 cm³/mol. The van der Waals surface area contributed by atoms with E-state index in [0.29, 0.717) is 0 Å². The van der Waals surface area contributed by atoms with Gasteiger partial charge >= 0.3 is 0 Å². The van der Waals surface area contributed by atoms with E-state index in [-0.39, 0.29) is 0 Å². The SMILES string of the molecule is BrCCC1CCCCN1Cc1cn2ccsc2n1. The van der Waals surface area contributed by atoms with Crippen molar-refractivity contribution in [3.05, 3.63) is 23.5 Å². The number of alkyl halides is 1. The van der Waals surface area contributed by atoms with Crippen LogP contribution in [0, 0.1) is 0 Å². The van der Waals surface area contributed by atoms with Crippen LogP contribution in [-0.2, 0) is 6.54 Å². The fraction of sp³-hybridized carbons (Fsp3) is 0.615. The largest absolute Gasteiger partial charge is 0.297 e. The van der Waals surface area contributed by atoms with Gasteiger partial charge in [-0.25, -0.2) is 4.98 Å². The van der Waals surface area contributed by atoms with Crippen LogP contribution < -0.4 is 0 Å². The summed E-state index contributed by atoms with van der Waals surface area (Å²) in [5.41, 5.74) is 1.21. The van der Waals surface area contributed by atoms with E-state index in [0.717, 1.165) is 22.9 Å².